The maximum Gasteiger partial charge on any atom is 0.237 e. The molecule has 0 radical (unpaired) electrons. The first kappa shape index (κ1) is 12.4. The van der Waals surface area contributed by atoms with E-state index in [1.165, 1.54) is 6.92 Å². The van der Waals surface area contributed by atoms with Crippen LogP contribution in [0.4, 0.5) is 0 Å². The van der Waals surface area contributed by atoms with E-state index in [-0.39, 0.29) is 25.1 Å². The molecule has 5 heteroatoms. The molecule has 1 saturated heterocycles. The third kappa shape index (κ3) is 4.15. The van der Waals surface area contributed by atoms with Gasteiger partial charge in [0.15, 0.2) is 0 Å². The van der Waals surface area contributed by atoms with Gasteiger partial charge in [-0.15, -0.1) is 0 Å². The van der Waals surface area contributed by atoms with E-state index < -0.39 is 5.60 Å². The summed E-state index contributed by atoms with van der Waals surface area (Å²) < 4.78 is 0. The first-order valence-corrected chi connectivity index (χ1v) is 5.39. The molecule has 1 amide bonds. The van der Waals surface area contributed by atoms with E-state index in [2.05, 4.69) is 10.6 Å². The summed E-state index contributed by atoms with van der Waals surface area (Å²) in [5.41, 5.74) is -1.23. The van der Waals surface area contributed by atoms with Crippen LogP contribution in [-0.2, 0) is 4.79 Å². The molecule has 0 spiro atoms. The van der Waals surface area contributed by atoms with Gasteiger partial charge in [0.25, 0.3) is 0 Å². The fraction of sp³-hybridized carbons (Fsp3) is 0.900. The van der Waals surface area contributed by atoms with Crippen molar-refractivity contribution in [1.29, 1.82) is 0 Å². The van der Waals surface area contributed by atoms with Crippen LogP contribution in [0.3, 0.4) is 0 Å². The smallest absolute Gasteiger partial charge is 0.237 e. The summed E-state index contributed by atoms with van der Waals surface area (Å²) in [5.74, 6) is -0.0941. The summed E-state index contributed by atoms with van der Waals surface area (Å²) in [6, 6.07) is -0.145. The summed E-state index contributed by atoms with van der Waals surface area (Å²) in [4.78, 5) is 11.6. The van der Waals surface area contributed by atoms with E-state index in [9.17, 15) is 9.90 Å². The molecule has 1 rings (SSSR count). The molecular weight excluding hydrogens is 196 g/mol. The van der Waals surface area contributed by atoms with Crippen LogP contribution in [0, 0.1) is 0 Å². The molecule has 0 aliphatic carbocycles. The van der Waals surface area contributed by atoms with Gasteiger partial charge >= 0.3 is 0 Å². The van der Waals surface area contributed by atoms with E-state index in [0.29, 0.717) is 0 Å². The van der Waals surface area contributed by atoms with Gasteiger partial charge in [-0.05, 0) is 26.3 Å². The van der Waals surface area contributed by atoms with Crippen molar-refractivity contribution in [2.45, 2.75) is 37.8 Å². The number of amides is 1. The molecule has 1 aliphatic heterocycles. The maximum atomic E-state index is 11.6. The van der Waals surface area contributed by atoms with Crippen LogP contribution in [-0.4, -0.2) is 47.5 Å². The van der Waals surface area contributed by atoms with Crippen molar-refractivity contribution in [3.05, 3.63) is 0 Å². The van der Waals surface area contributed by atoms with Crippen LogP contribution < -0.4 is 10.6 Å². The topological polar surface area (TPSA) is 81.6 Å². The molecule has 2 atom stereocenters. The summed E-state index contributed by atoms with van der Waals surface area (Å²) in [5, 5.41) is 24.0. The van der Waals surface area contributed by atoms with E-state index in [1.807, 2.05) is 0 Å². The van der Waals surface area contributed by atoms with Crippen LogP contribution >= 0.6 is 0 Å². The van der Waals surface area contributed by atoms with E-state index >= 15 is 0 Å². The fourth-order valence-electron chi connectivity index (χ4n) is 1.53. The van der Waals surface area contributed by atoms with Crippen molar-refractivity contribution in [1.82, 2.24) is 10.6 Å². The highest BCUT2D eigenvalue weighted by Gasteiger charge is 2.24. The summed E-state index contributed by atoms with van der Waals surface area (Å²) in [7, 11) is 0. The lowest BCUT2D eigenvalue weighted by Gasteiger charge is -2.25. The van der Waals surface area contributed by atoms with Crippen LogP contribution in [0.2, 0.25) is 0 Å². The third-order valence-corrected chi connectivity index (χ3v) is 2.61. The van der Waals surface area contributed by atoms with Crippen LogP contribution in [0.25, 0.3) is 0 Å². The number of nitrogens with one attached hydrogen (secondary N) is 2. The second-order valence-corrected chi connectivity index (χ2v) is 4.38. The first-order chi connectivity index (χ1) is 7.05. The van der Waals surface area contributed by atoms with E-state index in [1.54, 1.807) is 0 Å². The minimum absolute atomic E-state index is 0.0838. The molecule has 1 unspecified atom stereocenters. The second-order valence-electron chi connectivity index (χ2n) is 4.38. The quantitative estimate of drug-likeness (QED) is 0.485. The Morgan fingerprint density at radius 3 is 2.87 bits per heavy atom. The van der Waals surface area contributed by atoms with Crippen LogP contribution in [0.15, 0.2) is 0 Å². The van der Waals surface area contributed by atoms with Gasteiger partial charge in [0.1, 0.15) is 5.60 Å². The van der Waals surface area contributed by atoms with Gasteiger partial charge in [-0.25, -0.2) is 0 Å². The van der Waals surface area contributed by atoms with Gasteiger partial charge in [0, 0.05) is 6.54 Å². The monoisotopic (exact) mass is 216 g/mol. The van der Waals surface area contributed by atoms with E-state index in [4.69, 9.17) is 5.11 Å². The van der Waals surface area contributed by atoms with Crippen molar-refractivity contribution in [2.24, 2.45) is 0 Å². The molecule has 0 bridgehead atoms. The predicted molar refractivity (Wildman–Crippen MR) is 56.4 cm³/mol. The number of rotatable bonds is 4. The average Bonchev–Trinajstić information content (AvgIpc) is 2.27. The minimum Gasteiger partial charge on any atom is -0.393 e. The molecule has 0 aromatic carbocycles. The minimum atomic E-state index is -1.23. The molecule has 0 aromatic heterocycles. The SMILES string of the molecule is CC(O)(CO)CNC(=O)[C@@H]1CCCCN1. The molecular formula is C10H20N2O3. The predicted octanol–water partition coefficient (Wildman–Crippen LogP) is -1.01. The lowest BCUT2D eigenvalue weighted by Crippen LogP contribution is -2.51. The molecule has 88 valence electrons. The number of hydrogen-bond acceptors (Lipinski definition) is 4. The number of aliphatic hydroxyl groups excluding tert-OH is 1. The Hall–Kier alpha value is -0.650. The Kier molecular flexibility index (Phi) is 4.50. The van der Waals surface area contributed by atoms with Gasteiger partial charge in [0.2, 0.25) is 5.91 Å². The molecule has 1 fully saturated rings. The third-order valence-electron chi connectivity index (χ3n) is 2.61. The first-order valence-electron chi connectivity index (χ1n) is 5.39. The van der Waals surface area contributed by atoms with Gasteiger partial charge in [-0.3, -0.25) is 4.79 Å². The molecule has 1 aliphatic rings. The molecule has 0 saturated carbocycles. The second kappa shape index (κ2) is 5.44. The van der Waals surface area contributed by atoms with Crippen LogP contribution in [0.5, 0.6) is 0 Å². The number of carbonyl (C=O) groups is 1. The molecule has 0 aromatic rings. The van der Waals surface area contributed by atoms with Crippen molar-refractivity contribution < 1.29 is 15.0 Å². The highest BCUT2D eigenvalue weighted by atomic mass is 16.3. The lowest BCUT2D eigenvalue weighted by atomic mass is 10.0. The Balaban J connectivity index is 2.28. The lowest BCUT2D eigenvalue weighted by molar-refractivity contribution is -0.125. The molecule has 1 heterocycles. The Morgan fingerprint density at radius 2 is 2.33 bits per heavy atom. The number of hydrogen-bond donors (Lipinski definition) is 4. The van der Waals surface area contributed by atoms with Crippen molar-refractivity contribution in [3.8, 4) is 0 Å². The highest BCUT2D eigenvalue weighted by molar-refractivity contribution is 5.81. The largest absolute Gasteiger partial charge is 0.393 e. The number of aliphatic hydroxyl groups is 2. The summed E-state index contributed by atoms with van der Waals surface area (Å²) >= 11 is 0. The Labute approximate surface area is 89.9 Å². The van der Waals surface area contributed by atoms with Crippen molar-refractivity contribution in [2.75, 3.05) is 19.7 Å². The summed E-state index contributed by atoms with van der Waals surface area (Å²) in [6.07, 6.45) is 3.01. The zero-order valence-electron chi connectivity index (χ0n) is 9.12. The van der Waals surface area contributed by atoms with E-state index in [0.717, 1.165) is 25.8 Å². The average molecular weight is 216 g/mol. The summed E-state index contributed by atoms with van der Waals surface area (Å²) in [6.45, 7) is 2.09. The number of piperidine rings is 1. The van der Waals surface area contributed by atoms with Gasteiger partial charge in [-0.2, -0.15) is 0 Å². The van der Waals surface area contributed by atoms with Crippen molar-refractivity contribution in [3.63, 3.8) is 0 Å². The Morgan fingerprint density at radius 1 is 1.60 bits per heavy atom. The molecule has 4 N–H and O–H groups in total. The standard InChI is InChI=1S/C10H20N2O3/c1-10(15,7-13)6-12-9(14)8-4-2-3-5-11-8/h8,11,13,15H,2-7H2,1H3,(H,12,14)/t8-,10?/m0/s1. The van der Waals surface area contributed by atoms with Crippen LogP contribution in [0.1, 0.15) is 26.2 Å². The molecule has 15 heavy (non-hydrogen) atoms. The highest BCUT2D eigenvalue weighted by Crippen LogP contribution is 2.07. The van der Waals surface area contributed by atoms with Gasteiger partial charge in [-0.1, -0.05) is 6.42 Å². The Bertz CT molecular complexity index is 213. The molecule has 5 nitrogen and oxygen atoms in total. The van der Waals surface area contributed by atoms with Gasteiger partial charge < -0.3 is 20.8 Å². The maximum absolute atomic E-state index is 11.6. The fourth-order valence-corrected chi connectivity index (χ4v) is 1.53. The number of carbonyl (C=O) groups excluding carboxylic acids is 1. The normalized spacial score (nSPS) is 25.7. The van der Waals surface area contributed by atoms with Gasteiger partial charge in [0.05, 0.1) is 12.6 Å². The zero-order chi connectivity index (χ0) is 11.3. The zero-order valence-corrected chi connectivity index (χ0v) is 9.12. The van der Waals surface area contributed by atoms with Crippen molar-refractivity contribution >= 4 is 5.91 Å².